The van der Waals surface area contributed by atoms with Crippen LogP contribution in [0.4, 0.5) is 5.82 Å². The number of hydrogen-bond acceptors (Lipinski definition) is 5. The Morgan fingerprint density at radius 3 is 2.80 bits per heavy atom. The first-order valence-corrected chi connectivity index (χ1v) is 11.8. The number of nitrogens with one attached hydrogen (secondary N) is 2. The van der Waals surface area contributed by atoms with Crippen molar-refractivity contribution in [2.75, 3.05) is 11.9 Å². The van der Waals surface area contributed by atoms with Gasteiger partial charge in [0, 0.05) is 34.9 Å². The zero-order chi connectivity index (χ0) is 25.3. The average molecular weight is 480 g/mol. The van der Waals surface area contributed by atoms with E-state index in [0.717, 1.165) is 16.6 Å². The molecule has 0 bridgehead atoms. The molecule has 3 N–H and O–H groups in total. The molecule has 0 unspecified atom stereocenters. The van der Waals surface area contributed by atoms with Gasteiger partial charge in [0.25, 0.3) is 5.91 Å². The minimum absolute atomic E-state index is 0.188. The van der Waals surface area contributed by atoms with Crippen LogP contribution < -0.4 is 10.1 Å². The van der Waals surface area contributed by atoms with Crippen molar-refractivity contribution in [1.82, 2.24) is 19.7 Å². The zero-order valence-corrected chi connectivity index (χ0v) is 20.8. The quantitative estimate of drug-likeness (QED) is 0.434. The van der Waals surface area contributed by atoms with Gasteiger partial charge in [-0.15, -0.1) is 0 Å². The lowest BCUT2D eigenvalue weighted by atomic mass is 10.0. The van der Waals surface area contributed by atoms with Crippen LogP contribution in [-0.4, -0.2) is 54.8 Å². The maximum atomic E-state index is 13.2. The van der Waals surface area contributed by atoms with Crippen molar-refractivity contribution in [2.45, 2.75) is 59.2 Å². The lowest BCUT2D eigenvalue weighted by Gasteiger charge is -2.28. The topological polar surface area (TPSA) is 112 Å². The third-order valence-electron chi connectivity index (χ3n) is 5.71. The Morgan fingerprint density at radius 1 is 1.31 bits per heavy atom. The van der Waals surface area contributed by atoms with Crippen LogP contribution in [0.2, 0.25) is 0 Å². The van der Waals surface area contributed by atoms with Crippen LogP contribution in [0.1, 0.15) is 39.8 Å². The maximum Gasteiger partial charge on any atom is 0.251 e. The summed E-state index contributed by atoms with van der Waals surface area (Å²) in [5.41, 5.74) is 1.05. The van der Waals surface area contributed by atoms with Gasteiger partial charge in [-0.2, -0.15) is 5.10 Å². The summed E-state index contributed by atoms with van der Waals surface area (Å²) >= 11 is 0. The van der Waals surface area contributed by atoms with Crippen LogP contribution in [-0.2, 0) is 16.1 Å². The predicted molar refractivity (Wildman–Crippen MR) is 134 cm³/mol. The largest absolute Gasteiger partial charge is 0.459 e. The number of H-pyrrole nitrogens is 1. The Morgan fingerprint density at radius 2 is 2.09 bits per heavy atom. The van der Waals surface area contributed by atoms with Gasteiger partial charge in [0.2, 0.25) is 5.91 Å². The molecular weight excluding hydrogens is 446 g/mol. The van der Waals surface area contributed by atoms with E-state index in [1.807, 2.05) is 45.0 Å². The third-order valence-corrected chi connectivity index (χ3v) is 5.71. The van der Waals surface area contributed by atoms with E-state index in [0.29, 0.717) is 30.3 Å². The number of aromatic nitrogens is 3. The third kappa shape index (κ3) is 5.92. The fourth-order valence-electron chi connectivity index (χ4n) is 4.28. The first kappa shape index (κ1) is 24.5. The molecule has 2 aromatic heterocycles. The fraction of sp³-hybridized carbons (Fsp3) is 0.423. The number of aliphatic hydroxyl groups is 1. The number of nitrogens with zero attached hydrogens (tertiary/aromatic N) is 3. The standard InChI is InChI=1S/C26H33N5O4/c1-16(2)11-21(25(33)28-23-9-10-30(29-23)15-26(4,5)34)31-14-18(13-24(31)32)35-22-8-6-7-20-19(22)12-17(3)27-20/h6-10,12-13,16,21,27,34H,11,14-15H2,1-5H3,(H,28,29,33)/t21-/m0/s1. The summed E-state index contributed by atoms with van der Waals surface area (Å²) < 4.78 is 7.69. The second-order valence-corrected chi connectivity index (χ2v) is 10.2. The van der Waals surface area contributed by atoms with Gasteiger partial charge in [-0.25, -0.2) is 0 Å². The highest BCUT2D eigenvalue weighted by atomic mass is 16.5. The van der Waals surface area contributed by atoms with Gasteiger partial charge in [0.05, 0.1) is 18.7 Å². The molecule has 1 aromatic carbocycles. The van der Waals surface area contributed by atoms with E-state index in [9.17, 15) is 14.7 Å². The SMILES string of the molecule is Cc1cc2c(OC3=CC(=O)N([C@@H](CC(C)C)C(=O)Nc4ccn(CC(C)(C)O)n4)C3)cccc2[nH]1. The average Bonchev–Trinajstić information content (AvgIpc) is 3.43. The Balaban J connectivity index is 1.47. The lowest BCUT2D eigenvalue weighted by Crippen LogP contribution is -2.46. The number of carbonyl (C=O) groups excluding carboxylic acids is 2. The molecule has 0 spiro atoms. The zero-order valence-electron chi connectivity index (χ0n) is 20.8. The summed E-state index contributed by atoms with van der Waals surface area (Å²) in [5.74, 6) is 1.16. The van der Waals surface area contributed by atoms with Crippen LogP contribution in [0.3, 0.4) is 0 Å². The van der Waals surface area contributed by atoms with Crippen LogP contribution in [0, 0.1) is 12.8 Å². The summed E-state index contributed by atoms with van der Waals surface area (Å²) in [6.45, 7) is 9.88. The van der Waals surface area contributed by atoms with E-state index < -0.39 is 11.6 Å². The second kappa shape index (κ2) is 9.58. The maximum absolute atomic E-state index is 13.2. The summed E-state index contributed by atoms with van der Waals surface area (Å²) in [5, 5.41) is 18.1. The van der Waals surface area contributed by atoms with Gasteiger partial charge in [0.15, 0.2) is 5.82 Å². The fourth-order valence-corrected chi connectivity index (χ4v) is 4.28. The van der Waals surface area contributed by atoms with Gasteiger partial charge in [-0.3, -0.25) is 14.3 Å². The number of aromatic amines is 1. The first-order chi connectivity index (χ1) is 16.5. The molecule has 0 saturated carbocycles. The Labute approximate surface area is 204 Å². The molecule has 9 nitrogen and oxygen atoms in total. The number of anilines is 1. The summed E-state index contributed by atoms with van der Waals surface area (Å²) in [7, 11) is 0. The molecule has 4 rings (SSSR count). The molecule has 0 aliphatic carbocycles. The molecule has 0 fully saturated rings. The predicted octanol–water partition coefficient (Wildman–Crippen LogP) is 3.60. The molecule has 0 radical (unpaired) electrons. The van der Waals surface area contributed by atoms with Gasteiger partial charge in [-0.05, 0) is 51.3 Å². The van der Waals surface area contributed by atoms with Crippen LogP contribution in [0.25, 0.3) is 10.9 Å². The molecule has 9 heteroatoms. The van der Waals surface area contributed by atoms with Gasteiger partial charge in [-0.1, -0.05) is 19.9 Å². The van der Waals surface area contributed by atoms with Crippen molar-refractivity contribution in [3.8, 4) is 5.75 Å². The van der Waals surface area contributed by atoms with Crippen molar-refractivity contribution in [2.24, 2.45) is 5.92 Å². The number of benzene rings is 1. The van der Waals surface area contributed by atoms with Crippen molar-refractivity contribution < 1.29 is 19.4 Å². The van der Waals surface area contributed by atoms with Gasteiger partial charge >= 0.3 is 0 Å². The Hall–Kier alpha value is -3.59. The van der Waals surface area contributed by atoms with Crippen LogP contribution in [0.5, 0.6) is 5.75 Å². The van der Waals surface area contributed by atoms with E-state index in [1.54, 1.807) is 35.7 Å². The second-order valence-electron chi connectivity index (χ2n) is 10.2. The number of hydrogen-bond donors (Lipinski definition) is 3. The molecule has 1 atom stereocenters. The van der Waals surface area contributed by atoms with E-state index in [-0.39, 0.29) is 24.3 Å². The molecule has 1 aliphatic heterocycles. The smallest absolute Gasteiger partial charge is 0.251 e. The van der Waals surface area contributed by atoms with Crippen molar-refractivity contribution in [3.63, 3.8) is 0 Å². The Bertz CT molecular complexity index is 1260. The highest BCUT2D eigenvalue weighted by molar-refractivity contribution is 6.00. The van der Waals surface area contributed by atoms with Crippen molar-refractivity contribution in [3.05, 3.63) is 54.1 Å². The summed E-state index contributed by atoms with van der Waals surface area (Å²) in [6.07, 6.45) is 3.65. The van der Waals surface area contributed by atoms with Crippen molar-refractivity contribution in [1.29, 1.82) is 0 Å². The number of fused-ring (bicyclic) bond motifs is 1. The molecule has 0 saturated heterocycles. The monoisotopic (exact) mass is 479 g/mol. The van der Waals surface area contributed by atoms with Crippen molar-refractivity contribution >= 4 is 28.5 Å². The number of carbonyl (C=O) groups is 2. The number of rotatable bonds is 9. The molecule has 35 heavy (non-hydrogen) atoms. The molecular formula is C26H33N5O4. The normalized spacial score (nSPS) is 15.1. The molecule has 186 valence electrons. The van der Waals surface area contributed by atoms with Crippen LogP contribution in [0.15, 0.2) is 48.4 Å². The molecule has 3 aromatic rings. The van der Waals surface area contributed by atoms with Crippen LogP contribution >= 0.6 is 0 Å². The van der Waals surface area contributed by atoms with E-state index in [2.05, 4.69) is 15.4 Å². The highest BCUT2D eigenvalue weighted by Crippen LogP contribution is 2.29. The molecule has 2 amide bonds. The minimum atomic E-state index is -0.930. The van der Waals surface area contributed by atoms with E-state index in [1.165, 1.54) is 6.08 Å². The highest BCUT2D eigenvalue weighted by Gasteiger charge is 2.35. The number of ether oxygens (including phenoxy) is 1. The molecule has 1 aliphatic rings. The summed E-state index contributed by atoms with van der Waals surface area (Å²) in [4.78, 5) is 31.0. The lowest BCUT2D eigenvalue weighted by molar-refractivity contribution is -0.133. The first-order valence-electron chi connectivity index (χ1n) is 11.8. The number of aryl methyl sites for hydroxylation is 1. The minimum Gasteiger partial charge on any atom is -0.459 e. The Kier molecular flexibility index (Phi) is 6.71. The van der Waals surface area contributed by atoms with E-state index in [4.69, 9.17) is 4.74 Å². The van der Waals surface area contributed by atoms with E-state index >= 15 is 0 Å². The van der Waals surface area contributed by atoms with Gasteiger partial charge < -0.3 is 25.0 Å². The summed E-state index contributed by atoms with van der Waals surface area (Å²) in [6, 6.07) is 8.74. The number of amides is 2. The van der Waals surface area contributed by atoms with Gasteiger partial charge in [0.1, 0.15) is 17.6 Å². The molecule has 3 heterocycles.